The number of hydrogen-bond acceptors (Lipinski definition) is 7. The zero-order chi connectivity index (χ0) is 23.8. The SMILES string of the molecule is Nc1ncnn2c(C(=O)CCC(O)(COCc3ccccc3)COCc3ccccc3)ccc12. The van der Waals surface area contributed by atoms with Crippen LogP contribution in [0.2, 0.25) is 0 Å². The Balaban J connectivity index is 1.40. The quantitative estimate of drug-likeness (QED) is 0.312. The second-order valence-electron chi connectivity index (χ2n) is 8.27. The minimum Gasteiger partial charge on any atom is -0.385 e. The molecule has 8 heteroatoms. The van der Waals surface area contributed by atoms with Gasteiger partial charge in [0.05, 0.1) is 26.4 Å². The second-order valence-corrected chi connectivity index (χ2v) is 8.27. The summed E-state index contributed by atoms with van der Waals surface area (Å²) >= 11 is 0. The van der Waals surface area contributed by atoms with Gasteiger partial charge < -0.3 is 20.3 Å². The molecule has 0 amide bonds. The van der Waals surface area contributed by atoms with Crippen LogP contribution in [-0.4, -0.2) is 44.3 Å². The van der Waals surface area contributed by atoms with Crippen LogP contribution < -0.4 is 5.73 Å². The minimum absolute atomic E-state index is 0.0357. The van der Waals surface area contributed by atoms with Crippen molar-refractivity contribution in [3.05, 3.63) is 95.9 Å². The van der Waals surface area contributed by atoms with Gasteiger partial charge in [0.2, 0.25) is 0 Å². The van der Waals surface area contributed by atoms with E-state index in [-0.39, 0.29) is 31.8 Å². The summed E-state index contributed by atoms with van der Waals surface area (Å²) in [6.07, 6.45) is 1.57. The zero-order valence-electron chi connectivity index (χ0n) is 18.8. The molecule has 2 aromatic carbocycles. The molecule has 0 fully saturated rings. The Morgan fingerprint density at radius 2 is 1.50 bits per heavy atom. The minimum atomic E-state index is -1.33. The van der Waals surface area contributed by atoms with Crippen LogP contribution in [0.5, 0.6) is 0 Å². The number of aromatic nitrogens is 3. The lowest BCUT2D eigenvalue weighted by atomic mass is 9.97. The maximum atomic E-state index is 13.0. The van der Waals surface area contributed by atoms with E-state index in [0.717, 1.165) is 11.1 Å². The van der Waals surface area contributed by atoms with Gasteiger partial charge in [0.15, 0.2) is 11.6 Å². The number of Topliss-reactive ketones (excluding diaryl/α,β-unsaturated/α-hetero) is 1. The van der Waals surface area contributed by atoms with Crippen LogP contribution in [0.25, 0.3) is 5.52 Å². The molecule has 4 rings (SSSR count). The molecule has 4 aromatic rings. The number of anilines is 1. The van der Waals surface area contributed by atoms with Gasteiger partial charge in [-0.25, -0.2) is 9.50 Å². The number of benzene rings is 2. The Morgan fingerprint density at radius 1 is 0.912 bits per heavy atom. The number of carbonyl (C=O) groups excluding carboxylic acids is 1. The Kier molecular flexibility index (Phi) is 7.64. The van der Waals surface area contributed by atoms with E-state index in [9.17, 15) is 9.90 Å². The fourth-order valence-corrected chi connectivity index (χ4v) is 3.69. The third kappa shape index (κ3) is 6.05. The Labute approximate surface area is 198 Å². The van der Waals surface area contributed by atoms with E-state index in [1.807, 2.05) is 60.7 Å². The monoisotopic (exact) mass is 460 g/mol. The van der Waals surface area contributed by atoms with Crippen molar-refractivity contribution in [3.8, 4) is 0 Å². The lowest BCUT2D eigenvalue weighted by Gasteiger charge is -2.28. The molecule has 0 bridgehead atoms. The summed E-state index contributed by atoms with van der Waals surface area (Å²) in [7, 11) is 0. The highest BCUT2D eigenvalue weighted by molar-refractivity contribution is 5.96. The average molecular weight is 461 g/mol. The molecule has 34 heavy (non-hydrogen) atoms. The standard InChI is InChI=1S/C26H28N4O4/c27-25-23-12-11-22(30(23)29-19-28-25)24(31)13-14-26(32,17-33-15-20-7-3-1-4-8-20)18-34-16-21-9-5-2-6-10-21/h1-12,19,32H,13-18H2,(H2,27,28,29). The largest absolute Gasteiger partial charge is 0.385 e. The summed E-state index contributed by atoms with van der Waals surface area (Å²) in [6, 6.07) is 22.8. The highest BCUT2D eigenvalue weighted by Gasteiger charge is 2.29. The van der Waals surface area contributed by atoms with Gasteiger partial charge in [-0.3, -0.25) is 4.79 Å². The van der Waals surface area contributed by atoms with Crippen molar-refractivity contribution in [2.75, 3.05) is 18.9 Å². The molecule has 0 aliphatic rings. The Morgan fingerprint density at radius 3 is 2.09 bits per heavy atom. The molecule has 0 radical (unpaired) electrons. The lowest BCUT2D eigenvalue weighted by Crippen LogP contribution is -2.40. The summed E-state index contributed by atoms with van der Waals surface area (Å²) in [5, 5.41) is 15.4. The van der Waals surface area contributed by atoms with Crippen molar-refractivity contribution >= 4 is 17.1 Å². The van der Waals surface area contributed by atoms with Crippen LogP contribution >= 0.6 is 0 Å². The third-order valence-electron chi connectivity index (χ3n) is 5.55. The predicted molar refractivity (Wildman–Crippen MR) is 128 cm³/mol. The molecular weight excluding hydrogens is 432 g/mol. The highest BCUT2D eigenvalue weighted by Crippen LogP contribution is 2.20. The first kappa shape index (κ1) is 23.6. The van der Waals surface area contributed by atoms with Gasteiger partial charge in [-0.05, 0) is 29.7 Å². The third-order valence-corrected chi connectivity index (χ3v) is 5.55. The summed E-state index contributed by atoms with van der Waals surface area (Å²) in [4.78, 5) is 16.9. The van der Waals surface area contributed by atoms with Crippen molar-refractivity contribution in [1.29, 1.82) is 0 Å². The number of nitrogens with zero attached hydrogens (tertiary/aromatic N) is 3. The summed E-state index contributed by atoms with van der Waals surface area (Å²) in [5.74, 6) is 0.136. The van der Waals surface area contributed by atoms with Crippen LogP contribution in [-0.2, 0) is 22.7 Å². The van der Waals surface area contributed by atoms with E-state index in [4.69, 9.17) is 15.2 Å². The van der Waals surface area contributed by atoms with Crippen LogP contribution in [0, 0.1) is 0 Å². The number of aliphatic hydroxyl groups is 1. The smallest absolute Gasteiger partial charge is 0.181 e. The summed E-state index contributed by atoms with van der Waals surface area (Å²) in [6.45, 7) is 0.784. The maximum absolute atomic E-state index is 13.0. The zero-order valence-corrected chi connectivity index (χ0v) is 18.8. The number of nitrogens with two attached hydrogens (primary N) is 1. The molecule has 0 aliphatic heterocycles. The van der Waals surface area contributed by atoms with Gasteiger partial charge in [0.25, 0.3) is 0 Å². The van der Waals surface area contributed by atoms with Crippen LogP contribution in [0.15, 0.2) is 79.1 Å². The molecule has 176 valence electrons. The fraction of sp³-hybridized carbons (Fsp3) is 0.269. The van der Waals surface area contributed by atoms with Crippen molar-refractivity contribution in [1.82, 2.24) is 14.6 Å². The second kappa shape index (κ2) is 11.0. The molecular formula is C26H28N4O4. The molecule has 0 aliphatic carbocycles. The van der Waals surface area contributed by atoms with Gasteiger partial charge in [-0.2, -0.15) is 5.10 Å². The van der Waals surface area contributed by atoms with E-state index in [2.05, 4.69) is 10.1 Å². The summed E-state index contributed by atoms with van der Waals surface area (Å²) in [5.41, 5.74) is 7.49. The first-order valence-electron chi connectivity index (χ1n) is 11.1. The molecule has 3 N–H and O–H groups in total. The number of nitrogen functional groups attached to an aromatic ring is 1. The van der Waals surface area contributed by atoms with Crippen LogP contribution in [0.4, 0.5) is 5.82 Å². The van der Waals surface area contributed by atoms with E-state index in [1.54, 1.807) is 12.1 Å². The number of ketones is 1. The molecule has 0 atom stereocenters. The Hall–Kier alpha value is -3.59. The molecule has 0 unspecified atom stereocenters. The number of carbonyl (C=O) groups is 1. The first-order valence-corrected chi connectivity index (χ1v) is 11.1. The van der Waals surface area contributed by atoms with Crippen molar-refractivity contribution in [2.45, 2.75) is 31.7 Å². The Bertz CT molecular complexity index is 1170. The van der Waals surface area contributed by atoms with Crippen molar-refractivity contribution in [3.63, 3.8) is 0 Å². The summed E-state index contributed by atoms with van der Waals surface area (Å²) < 4.78 is 13.1. The maximum Gasteiger partial charge on any atom is 0.181 e. The normalized spacial score (nSPS) is 11.7. The van der Waals surface area contributed by atoms with Crippen molar-refractivity contribution < 1.29 is 19.4 Å². The van der Waals surface area contributed by atoms with Crippen LogP contribution in [0.1, 0.15) is 34.5 Å². The van der Waals surface area contributed by atoms with Crippen molar-refractivity contribution in [2.24, 2.45) is 0 Å². The van der Waals surface area contributed by atoms with E-state index >= 15 is 0 Å². The molecule has 0 saturated heterocycles. The molecule has 2 aromatic heterocycles. The van der Waals surface area contributed by atoms with E-state index < -0.39 is 5.60 Å². The molecule has 2 heterocycles. The molecule has 0 spiro atoms. The fourth-order valence-electron chi connectivity index (χ4n) is 3.69. The van der Waals surface area contributed by atoms with Gasteiger partial charge in [0.1, 0.15) is 23.1 Å². The number of hydrogen-bond donors (Lipinski definition) is 2. The lowest BCUT2D eigenvalue weighted by molar-refractivity contribution is -0.106. The molecule has 0 saturated carbocycles. The topological polar surface area (TPSA) is 112 Å². The van der Waals surface area contributed by atoms with Gasteiger partial charge >= 0.3 is 0 Å². The predicted octanol–water partition coefficient (Wildman–Crippen LogP) is 3.44. The van der Waals surface area contributed by atoms with Gasteiger partial charge in [-0.15, -0.1) is 0 Å². The molecule has 8 nitrogen and oxygen atoms in total. The number of fused-ring (bicyclic) bond motifs is 1. The highest BCUT2D eigenvalue weighted by atomic mass is 16.5. The van der Waals surface area contributed by atoms with E-state index in [0.29, 0.717) is 30.2 Å². The van der Waals surface area contributed by atoms with E-state index in [1.165, 1.54) is 10.8 Å². The average Bonchev–Trinajstić information content (AvgIpc) is 3.30. The van der Waals surface area contributed by atoms with Gasteiger partial charge in [0, 0.05) is 6.42 Å². The first-order chi connectivity index (χ1) is 16.5. The number of ether oxygens (including phenoxy) is 2. The van der Waals surface area contributed by atoms with Crippen LogP contribution in [0.3, 0.4) is 0 Å². The van der Waals surface area contributed by atoms with Gasteiger partial charge in [-0.1, -0.05) is 60.7 Å². The number of rotatable bonds is 12.